The smallest absolute Gasteiger partial charge is 0.233 e. The Morgan fingerprint density at radius 3 is 2.58 bits per heavy atom. The molecule has 1 atom stereocenters. The molecule has 0 unspecified atom stereocenters. The van der Waals surface area contributed by atoms with Crippen molar-refractivity contribution in [1.82, 2.24) is 19.6 Å². The van der Waals surface area contributed by atoms with Gasteiger partial charge in [-0.2, -0.15) is 5.10 Å². The number of hydrogen-bond donors (Lipinski definition) is 0. The predicted molar refractivity (Wildman–Crippen MR) is 139 cm³/mol. The van der Waals surface area contributed by atoms with Crippen LogP contribution in [-0.4, -0.2) is 83.8 Å². The molecule has 3 aromatic rings. The number of amides is 1. The van der Waals surface area contributed by atoms with Crippen LogP contribution in [0.5, 0.6) is 11.5 Å². The molecule has 0 aliphatic carbocycles. The van der Waals surface area contributed by atoms with Gasteiger partial charge in [0.05, 0.1) is 30.3 Å². The van der Waals surface area contributed by atoms with Crippen LogP contribution in [0.25, 0.3) is 16.9 Å². The second-order valence-corrected chi connectivity index (χ2v) is 10.2. The van der Waals surface area contributed by atoms with E-state index in [-0.39, 0.29) is 11.3 Å². The second-order valence-electron chi connectivity index (χ2n) is 9.13. The summed E-state index contributed by atoms with van der Waals surface area (Å²) in [7, 11) is 0. The maximum atomic E-state index is 13.0. The van der Waals surface area contributed by atoms with Gasteiger partial charge in [-0.25, -0.2) is 4.68 Å². The zero-order valence-electron chi connectivity index (χ0n) is 20.2. The Morgan fingerprint density at radius 1 is 0.944 bits per heavy atom. The fraction of sp³-hybridized carbons (Fsp3) is 0.407. The number of para-hydroxylation sites is 1. The standard InChI is InChI=1S/C27H30N4O4S/c32-25-19-36-27(30(25)10-4-9-29-11-13-33-14-12-29)22-18-31(21-5-2-1-3-6-21)28-26(22)20-7-8-23-24(17-20)35-16-15-34-23/h1-3,5-8,17-18,27H,4,9-16,19H2/t27-/m1/s1. The van der Waals surface area contributed by atoms with Gasteiger partial charge in [0.15, 0.2) is 11.5 Å². The molecule has 3 aliphatic heterocycles. The van der Waals surface area contributed by atoms with Gasteiger partial charge in [-0.15, -0.1) is 11.8 Å². The minimum absolute atomic E-state index is 0.0807. The van der Waals surface area contributed by atoms with Crippen LogP contribution >= 0.6 is 11.8 Å². The average Bonchev–Trinajstić information content (AvgIpc) is 3.53. The number of carbonyl (C=O) groups is 1. The zero-order chi connectivity index (χ0) is 24.3. The first-order chi connectivity index (χ1) is 17.8. The first-order valence-electron chi connectivity index (χ1n) is 12.5. The Hall–Kier alpha value is -3.01. The fourth-order valence-corrected chi connectivity index (χ4v) is 6.16. The van der Waals surface area contributed by atoms with Crippen molar-refractivity contribution in [3.63, 3.8) is 0 Å². The Morgan fingerprint density at radius 2 is 1.75 bits per heavy atom. The van der Waals surface area contributed by atoms with Gasteiger partial charge in [-0.05, 0) is 36.8 Å². The van der Waals surface area contributed by atoms with E-state index in [4.69, 9.17) is 19.3 Å². The minimum Gasteiger partial charge on any atom is -0.486 e. The van der Waals surface area contributed by atoms with Crippen molar-refractivity contribution in [3.8, 4) is 28.4 Å². The molecule has 3 aliphatic rings. The fourth-order valence-electron chi connectivity index (χ4n) is 4.94. The number of thioether (sulfide) groups is 1. The van der Waals surface area contributed by atoms with Crippen LogP contribution in [0.4, 0.5) is 0 Å². The van der Waals surface area contributed by atoms with E-state index in [9.17, 15) is 4.79 Å². The highest BCUT2D eigenvalue weighted by molar-refractivity contribution is 8.00. The summed E-state index contributed by atoms with van der Waals surface area (Å²) < 4.78 is 19.0. The highest BCUT2D eigenvalue weighted by atomic mass is 32.2. The van der Waals surface area contributed by atoms with Gasteiger partial charge in [0.2, 0.25) is 5.91 Å². The molecule has 1 aromatic heterocycles. The molecule has 1 amide bonds. The number of fused-ring (bicyclic) bond motifs is 1. The number of ether oxygens (including phenoxy) is 3. The third kappa shape index (κ3) is 4.83. The van der Waals surface area contributed by atoms with Crippen LogP contribution in [0.2, 0.25) is 0 Å². The van der Waals surface area contributed by atoms with E-state index in [1.54, 1.807) is 11.8 Å². The van der Waals surface area contributed by atoms with Crippen LogP contribution in [0.3, 0.4) is 0 Å². The third-order valence-corrected chi connectivity index (χ3v) is 8.03. The number of morpholine rings is 1. The molecular weight excluding hydrogens is 476 g/mol. The highest BCUT2D eigenvalue weighted by Crippen LogP contribution is 2.44. The molecule has 8 nitrogen and oxygen atoms in total. The lowest BCUT2D eigenvalue weighted by Crippen LogP contribution is -2.38. The van der Waals surface area contributed by atoms with E-state index in [1.807, 2.05) is 58.1 Å². The van der Waals surface area contributed by atoms with E-state index in [0.717, 1.165) is 79.8 Å². The van der Waals surface area contributed by atoms with E-state index in [1.165, 1.54) is 0 Å². The van der Waals surface area contributed by atoms with E-state index < -0.39 is 0 Å². The molecule has 0 bridgehead atoms. The maximum Gasteiger partial charge on any atom is 0.233 e. The number of benzene rings is 2. The van der Waals surface area contributed by atoms with Crippen LogP contribution in [0, 0.1) is 0 Å². The molecule has 4 heterocycles. The van der Waals surface area contributed by atoms with Gasteiger partial charge >= 0.3 is 0 Å². The third-order valence-electron chi connectivity index (χ3n) is 6.79. The topological polar surface area (TPSA) is 69.1 Å². The number of nitrogens with zero attached hydrogens (tertiary/aromatic N) is 4. The average molecular weight is 507 g/mol. The van der Waals surface area contributed by atoms with Gasteiger partial charge in [0.25, 0.3) is 0 Å². The van der Waals surface area contributed by atoms with E-state index >= 15 is 0 Å². The monoisotopic (exact) mass is 506 g/mol. The lowest BCUT2D eigenvalue weighted by Gasteiger charge is -2.28. The molecule has 2 fully saturated rings. The van der Waals surface area contributed by atoms with Gasteiger partial charge in [0, 0.05) is 43.5 Å². The van der Waals surface area contributed by atoms with Crippen molar-refractivity contribution in [2.45, 2.75) is 11.8 Å². The molecular formula is C27H30N4O4S. The first-order valence-corrected chi connectivity index (χ1v) is 13.6. The van der Waals surface area contributed by atoms with Crippen molar-refractivity contribution < 1.29 is 19.0 Å². The molecule has 0 spiro atoms. The summed E-state index contributed by atoms with van der Waals surface area (Å²) in [5, 5.41) is 4.92. The summed E-state index contributed by atoms with van der Waals surface area (Å²) in [4.78, 5) is 17.4. The predicted octanol–water partition coefficient (Wildman–Crippen LogP) is 3.61. The summed E-state index contributed by atoms with van der Waals surface area (Å²) in [6.07, 6.45) is 3.02. The number of aromatic nitrogens is 2. The van der Waals surface area contributed by atoms with Crippen molar-refractivity contribution in [3.05, 3.63) is 60.3 Å². The Kier molecular flexibility index (Phi) is 6.85. The summed E-state index contributed by atoms with van der Waals surface area (Å²) >= 11 is 1.68. The first kappa shape index (κ1) is 23.4. The van der Waals surface area contributed by atoms with Crippen molar-refractivity contribution in [2.24, 2.45) is 0 Å². The summed E-state index contributed by atoms with van der Waals surface area (Å²) in [5.74, 6) is 2.16. The van der Waals surface area contributed by atoms with Gasteiger partial charge in [0.1, 0.15) is 18.6 Å². The lowest BCUT2D eigenvalue weighted by atomic mass is 10.1. The summed E-state index contributed by atoms with van der Waals surface area (Å²) in [6, 6.07) is 16.1. The zero-order valence-corrected chi connectivity index (χ0v) is 21.0. The SMILES string of the molecule is O=C1CS[C@H](c2cn(-c3ccccc3)nc2-c2ccc3c(c2)OCCO3)N1CCCN1CCOCC1. The van der Waals surface area contributed by atoms with Crippen LogP contribution < -0.4 is 9.47 Å². The van der Waals surface area contributed by atoms with E-state index in [0.29, 0.717) is 19.0 Å². The Balaban J connectivity index is 1.31. The lowest BCUT2D eigenvalue weighted by molar-refractivity contribution is -0.128. The number of hydrogen-bond acceptors (Lipinski definition) is 7. The quantitative estimate of drug-likeness (QED) is 0.485. The number of rotatable bonds is 7. The molecule has 0 saturated carbocycles. The summed E-state index contributed by atoms with van der Waals surface area (Å²) in [5.41, 5.74) is 3.84. The highest BCUT2D eigenvalue weighted by Gasteiger charge is 2.36. The van der Waals surface area contributed by atoms with Crippen molar-refractivity contribution in [1.29, 1.82) is 0 Å². The molecule has 2 saturated heterocycles. The second kappa shape index (κ2) is 10.5. The normalized spacial score (nSPS) is 20.2. The van der Waals surface area contributed by atoms with Crippen LogP contribution in [0.1, 0.15) is 17.4 Å². The molecule has 0 N–H and O–H groups in total. The molecule has 36 heavy (non-hydrogen) atoms. The largest absolute Gasteiger partial charge is 0.486 e. The maximum absolute atomic E-state index is 13.0. The molecule has 6 rings (SSSR count). The minimum atomic E-state index is -0.0807. The number of carbonyl (C=O) groups excluding carboxylic acids is 1. The Bertz CT molecular complexity index is 1210. The molecule has 9 heteroatoms. The van der Waals surface area contributed by atoms with Gasteiger partial charge in [-0.1, -0.05) is 18.2 Å². The Labute approximate surface area is 215 Å². The van der Waals surface area contributed by atoms with Gasteiger partial charge in [-0.3, -0.25) is 9.69 Å². The van der Waals surface area contributed by atoms with Crippen LogP contribution in [-0.2, 0) is 9.53 Å². The summed E-state index contributed by atoms with van der Waals surface area (Å²) in [6.45, 7) is 6.30. The van der Waals surface area contributed by atoms with Crippen LogP contribution in [0.15, 0.2) is 54.7 Å². The molecule has 188 valence electrons. The van der Waals surface area contributed by atoms with Crippen molar-refractivity contribution in [2.75, 3.05) is 58.4 Å². The molecule has 2 aromatic carbocycles. The van der Waals surface area contributed by atoms with E-state index in [2.05, 4.69) is 11.1 Å². The molecule has 0 radical (unpaired) electrons. The van der Waals surface area contributed by atoms with Crippen molar-refractivity contribution >= 4 is 17.7 Å². The van der Waals surface area contributed by atoms with Gasteiger partial charge < -0.3 is 19.1 Å².